The molecule has 0 aliphatic carbocycles. The number of esters is 1. The van der Waals surface area contributed by atoms with Crippen LogP contribution < -0.4 is 5.32 Å². The Labute approximate surface area is 146 Å². The second-order valence-corrected chi connectivity index (χ2v) is 5.77. The maximum absolute atomic E-state index is 13.7. The molecule has 0 aliphatic rings. The van der Waals surface area contributed by atoms with Crippen molar-refractivity contribution in [3.05, 3.63) is 63.9 Å². The van der Waals surface area contributed by atoms with E-state index in [1.807, 2.05) is 6.07 Å². The molecule has 24 heavy (non-hydrogen) atoms. The lowest BCUT2D eigenvalue weighted by atomic mass is 10.2. The summed E-state index contributed by atoms with van der Waals surface area (Å²) >= 11 is 3.09. The first-order valence-electron chi connectivity index (χ1n) is 6.88. The molecule has 0 aromatic heterocycles. The van der Waals surface area contributed by atoms with Gasteiger partial charge in [0.2, 0.25) is 0 Å². The zero-order chi connectivity index (χ0) is 17.7. The van der Waals surface area contributed by atoms with Gasteiger partial charge in [-0.15, -0.1) is 0 Å². The number of nitriles is 1. The molecule has 7 heteroatoms. The van der Waals surface area contributed by atoms with E-state index in [2.05, 4.69) is 21.2 Å². The van der Waals surface area contributed by atoms with Crippen LogP contribution in [0.25, 0.3) is 0 Å². The number of anilines is 1. The van der Waals surface area contributed by atoms with Crippen LogP contribution in [0.2, 0.25) is 0 Å². The average Bonchev–Trinajstić information content (AvgIpc) is 2.55. The molecule has 1 amide bonds. The summed E-state index contributed by atoms with van der Waals surface area (Å²) in [4.78, 5) is 24.0. The summed E-state index contributed by atoms with van der Waals surface area (Å²) < 4.78 is 19.2. The maximum Gasteiger partial charge on any atom is 0.341 e. The third-order valence-electron chi connectivity index (χ3n) is 3.09. The van der Waals surface area contributed by atoms with Gasteiger partial charge in [-0.3, -0.25) is 4.79 Å². The molecular weight excluding hydrogens is 379 g/mol. The lowest BCUT2D eigenvalue weighted by Crippen LogP contribution is -2.30. The first-order valence-corrected chi connectivity index (χ1v) is 7.67. The van der Waals surface area contributed by atoms with Crippen molar-refractivity contribution in [1.82, 2.24) is 0 Å². The van der Waals surface area contributed by atoms with Crippen LogP contribution in [0.5, 0.6) is 0 Å². The largest absolute Gasteiger partial charge is 0.449 e. The summed E-state index contributed by atoms with van der Waals surface area (Å²) in [5.74, 6) is -2.23. The van der Waals surface area contributed by atoms with Crippen LogP contribution in [0, 0.1) is 17.1 Å². The number of nitrogens with one attached hydrogen (secondary N) is 1. The van der Waals surface area contributed by atoms with Gasteiger partial charge in [0.25, 0.3) is 5.91 Å². The Morgan fingerprint density at radius 3 is 2.50 bits per heavy atom. The lowest BCUT2D eigenvalue weighted by molar-refractivity contribution is -0.123. The van der Waals surface area contributed by atoms with Gasteiger partial charge in [-0.25, -0.2) is 9.18 Å². The number of carbonyl (C=O) groups is 2. The maximum atomic E-state index is 13.7. The number of rotatable bonds is 4. The Kier molecular flexibility index (Phi) is 5.66. The quantitative estimate of drug-likeness (QED) is 0.808. The molecule has 2 aromatic rings. The molecule has 0 heterocycles. The molecular formula is C17H12BrFN2O3. The predicted octanol–water partition coefficient (Wildman–Crippen LogP) is 3.64. The van der Waals surface area contributed by atoms with Gasteiger partial charge in [0.15, 0.2) is 6.10 Å². The molecule has 0 fully saturated rings. The first-order chi connectivity index (χ1) is 11.4. The Balaban J connectivity index is 2.00. The van der Waals surface area contributed by atoms with Crippen LogP contribution in [0.1, 0.15) is 22.8 Å². The van der Waals surface area contributed by atoms with Crippen LogP contribution in [0.4, 0.5) is 10.1 Å². The van der Waals surface area contributed by atoms with E-state index >= 15 is 0 Å². The summed E-state index contributed by atoms with van der Waals surface area (Å²) in [5, 5.41) is 11.3. The smallest absolute Gasteiger partial charge is 0.341 e. The predicted molar refractivity (Wildman–Crippen MR) is 88.8 cm³/mol. The summed E-state index contributed by atoms with van der Waals surface area (Å²) in [6, 6.07) is 12.1. The van der Waals surface area contributed by atoms with Crippen molar-refractivity contribution in [3.63, 3.8) is 0 Å². The zero-order valence-corrected chi connectivity index (χ0v) is 14.1. The van der Waals surface area contributed by atoms with Crippen LogP contribution in [-0.4, -0.2) is 18.0 Å². The number of hydrogen-bond donors (Lipinski definition) is 1. The monoisotopic (exact) mass is 390 g/mol. The van der Waals surface area contributed by atoms with Crippen molar-refractivity contribution in [1.29, 1.82) is 5.26 Å². The average molecular weight is 391 g/mol. The third kappa shape index (κ3) is 4.40. The van der Waals surface area contributed by atoms with Crippen LogP contribution >= 0.6 is 15.9 Å². The SMILES string of the molecule is C[C@@H](OC(=O)c1ccc(Br)cc1F)C(=O)Nc1ccc(C#N)cc1. The van der Waals surface area contributed by atoms with Gasteiger partial charge in [0.05, 0.1) is 17.2 Å². The highest BCUT2D eigenvalue weighted by Gasteiger charge is 2.21. The Hall–Kier alpha value is -2.72. The number of carbonyl (C=O) groups excluding carboxylic acids is 2. The van der Waals surface area contributed by atoms with E-state index in [9.17, 15) is 14.0 Å². The van der Waals surface area contributed by atoms with E-state index in [0.29, 0.717) is 15.7 Å². The highest BCUT2D eigenvalue weighted by molar-refractivity contribution is 9.10. The Bertz CT molecular complexity index is 816. The Morgan fingerprint density at radius 2 is 1.92 bits per heavy atom. The van der Waals surface area contributed by atoms with Gasteiger partial charge in [0.1, 0.15) is 5.82 Å². The molecule has 0 unspecified atom stereocenters. The van der Waals surface area contributed by atoms with Crippen molar-refractivity contribution in [2.75, 3.05) is 5.32 Å². The molecule has 1 atom stereocenters. The van der Waals surface area contributed by atoms with Crippen molar-refractivity contribution in [2.45, 2.75) is 13.0 Å². The standard InChI is InChI=1S/C17H12BrFN2O3/c1-10(16(22)21-13-5-2-11(9-20)3-6-13)24-17(23)14-7-4-12(18)8-15(14)19/h2-8,10H,1H3,(H,21,22)/t10-/m1/s1. The number of hydrogen-bond acceptors (Lipinski definition) is 4. The molecule has 1 N–H and O–H groups in total. The van der Waals surface area contributed by atoms with Crippen molar-refractivity contribution in [3.8, 4) is 6.07 Å². The summed E-state index contributed by atoms with van der Waals surface area (Å²) in [7, 11) is 0. The number of benzene rings is 2. The van der Waals surface area contributed by atoms with Crippen LogP contribution in [0.3, 0.4) is 0 Å². The van der Waals surface area contributed by atoms with E-state index in [1.165, 1.54) is 19.1 Å². The molecule has 2 aromatic carbocycles. The molecule has 0 saturated carbocycles. The first kappa shape index (κ1) is 17.6. The van der Waals surface area contributed by atoms with E-state index in [1.54, 1.807) is 24.3 Å². The van der Waals surface area contributed by atoms with Crippen LogP contribution in [0.15, 0.2) is 46.9 Å². The van der Waals surface area contributed by atoms with Gasteiger partial charge >= 0.3 is 5.97 Å². The summed E-state index contributed by atoms with van der Waals surface area (Å²) in [6.07, 6.45) is -1.11. The fourth-order valence-corrected chi connectivity index (χ4v) is 2.14. The van der Waals surface area contributed by atoms with Gasteiger partial charge in [-0.05, 0) is 49.4 Å². The summed E-state index contributed by atoms with van der Waals surface area (Å²) in [6.45, 7) is 1.38. The fourth-order valence-electron chi connectivity index (χ4n) is 1.80. The lowest BCUT2D eigenvalue weighted by Gasteiger charge is -2.14. The number of ether oxygens (including phenoxy) is 1. The van der Waals surface area contributed by atoms with Crippen molar-refractivity contribution in [2.24, 2.45) is 0 Å². The molecule has 2 rings (SSSR count). The molecule has 0 aliphatic heterocycles. The molecule has 0 radical (unpaired) electrons. The Morgan fingerprint density at radius 1 is 1.25 bits per heavy atom. The van der Waals surface area contributed by atoms with E-state index in [4.69, 9.17) is 10.00 Å². The van der Waals surface area contributed by atoms with Gasteiger partial charge in [0, 0.05) is 10.2 Å². The minimum atomic E-state index is -1.11. The van der Waals surface area contributed by atoms with Crippen LogP contribution in [-0.2, 0) is 9.53 Å². The van der Waals surface area contributed by atoms with Gasteiger partial charge in [-0.1, -0.05) is 15.9 Å². The van der Waals surface area contributed by atoms with Gasteiger partial charge in [-0.2, -0.15) is 5.26 Å². The minimum absolute atomic E-state index is 0.253. The van der Waals surface area contributed by atoms with E-state index in [0.717, 1.165) is 6.07 Å². The van der Waals surface area contributed by atoms with E-state index < -0.39 is 23.8 Å². The van der Waals surface area contributed by atoms with Gasteiger partial charge < -0.3 is 10.1 Å². The fraction of sp³-hybridized carbons (Fsp3) is 0.118. The molecule has 0 spiro atoms. The second kappa shape index (κ2) is 7.70. The highest BCUT2D eigenvalue weighted by atomic mass is 79.9. The number of amides is 1. The third-order valence-corrected chi connectivity index (χ3v) is 3.58. The molecule has 5 nitrogen and oxygen atoms in total. The molecule has 0 bridgehead atoms. The summed E-state index contributed by atoms with van der Waals surface area (Å²) in [5.41, 5.74) is 0.658. The van der Waals surface area contributed by atoms with Crippen molar-refractivity contribution < 1.29 is 18.7 Å². The highest BCUT2D eigenvalue weighted by Crippen LogP contribution is 2.17. The second-order valence-electron chi connectivity index (χ2n) is 4.85. The number of halogens is 2. The molecule has 122 valence electrons. The van der Waals surface area contributed by atoms with Crippen molar-refractivity contribution >= 4 is 33.5 Å². The topological polar surface area (TPSA) is 79.2 Å². The van der Waals surface area contributed by atoms with E-state index in [-0.39, 0.29) is 5.56 Å². The normalized spacial score (nSPS) is 11.2. The molecule has 0 saturated heterocycles. The minimum Gasteiger partial charge on any atom is -0.449 e. The number of nitrogens with zero attached hydrogens (tertiary/aromatic N) is 1. The zero-order valence-electron chi connectivity index (χ0n) is 12.5.